The van der Waals surface area contributed by atoms with E-state index in [-0.39, 0.29) is 47.9 Å². The summed E-state index contributed by atoms with van der Waals surface area (Å²) in [5.41, 5.74) is 3.13. The molecular weight excluding hydrogens is 400 g/mol. The van der Waals surface area contributed by atoms with Crippen LogP contribution in [-0.4, -0.2) is 55.6 Å². The summed E-state index contributed by atoms with van der Waals surface area (Å²) in [5.74, 6) is 0.277. The number of nitrogens with zero attached hydrogens (tertiary/aromatic N) is 4. The zero-order valence-corrected chi connectivity index (χ0v) is 19.6. The maximum Gasteiger partial charge on any atom is 0.244 e. The minimum Gasteiger partial charge on any atom is -0.334 e. The van der Waals surface area contributed by atoms with E-state index in [9.17, 15) is 9.59 Å². The van der Waals surface area contributed by atoms with Crippen molar-refractivity contribution in [2.24, 2.45) is 5.41 Å². The highest BCUT2D eigenvalue weighted by Crippen LogP contribution is 2.56. The van der Waals surface area contributed by atoms with Crippen molar-refractivity contribution in [3.05, 3.63) is 53.3 Å². The van der Waals surface area contributed by atoms with Crippen LogP contribution in [0.2, 0.25) is 0 Å². The minimum atomic E-state index is -0.0352. The zero-order chi connectivity index (χ0) is 22.6. The fourth-order valence-corrected chi connectivity index (χ4v) is 7.04. The van der Waals surface area contributed by atoms with Crippen LogP contribution in [0.3, 0.4) is 0 Å². The van der Waals surface area contributed by atoms with Crippen molar-refractivity contribution in [1.29, 1.82) is 0 Å². The van der Waals surface area contributed by atoms with E-state index in [0.717, 1.165) is 43.5 Å². The average molecular weight is 435 g/mol. The number of amides is 2. The van der Waals surface area contributed by atoms with Crippen LogP contribution in [-0.2, 0) is 22.6 Å². The largest absolute Gasteiger partial charge is 0.334 e. The Morgan fingerprint density at radius 3 is 2.41 bits per heavy atom. The van der Waals surface area contributed by atoms with E-state index in [4.69, 9.17) is 0 Å². The molecule has 2 aromatic rings. The molecule has 32 heavy (non-hydrogen) atoms. The van der Waals surface area contributed by atoms with E-state index in [0.29, 0.717) is 0 Å². The normalized spacial score (nSPS) is 31.1. The van der Waals surface area contributed by atoms with Crippen LogP contribution in [0.15, 0.2) is 36.4 Å². The number of carbonyl (C=O) groups is 2. The summed E-state index contributed by atoms with van der Waals surface area (Å²) in [6.45, 7) is 8.26. The minimum absolute atomic E-state index is 0.0143. The lowest BCUT2D eigenvalue weighted by Crippen LogP contribution is -2.62. The third-order valence-electron chi connectivity index (χ3n) is 8.28. The smallest absolute Gasteiger partial charge is 0.244 e. The molecule has 2 bridgehead atoms. The number of carbonyl (C=O) groups excluding carboxylic acids is 2. The molecule has 5 atom stereocenters. The van der Waals surface area contributed by atoms with E-state index in [1.165, 1.54) is 5.56 Å². The van der Waals surface area contributed by atoms with E-state index < -0.39 is 0 Å². The summed E-state index contributed by atoms with van der Waals surface area (Å²) in [6.07, 6.45) is 4.88. The number of likely N-dealkylation sites (tertiary alicyclic amines) is 2. The number of hydrogen-bond acceptors (Lipinski definition) is 3. The van der Waals surface area contributed by atoms with Crippen LogP contribution >= 0.6 is 0 Å². The van der Waals surface area contributed by atoms with Crippen molar-refractivity contribution < 1.29 is 9.59 Å². The van der Waals surface area contributed by atoms with Crippen LogP contribution in [0.1, 0.15) is 56.5 Å². The summed E-state index contributed by atoms with van der Waals surface area (Å²) < 4.78 is 1.83. The molecule has 5 rings (SSSR count). The van der Waals surface area contributed by atoms with Gasteiger partial charge in [0.05, 0.1) is 17.8 Å². The lowest BCUT2D eigenvalue weighted by Gasteiger charge is -2.52. The molecule has 3 heterocycles. The summed E-state index contributed by atoms with van der Waals surface area (Å²) in [4.78, 5) is 31.1. The van der Waals surface area contributed by atoms with Gasteiger partial charge < -0.3 is 9.80 Å². The molecule has 0 spiro atoms. The van der Waals surface area contributed by atoms with Gasteiger partial charge in [-0.2, -0.15) is 5.10 Å². The predicted molar refractivity (Wildman–Crippen MR) is 123 cm³/mol. The molecular formula is C26H34N4O2. The average Bonchev–Trinajstić information content (AvgIpc) is 3.23. The first kappa shape index (κ1) is 21.2. The lowest BCUT2D eigenvalue weighted by molar-refractivity contribution is -0.143. The Balaban J connectivity index is 1.53. The fourth-order valence-electron chi connectivity index (χ4n) is 7.04. The lowest BCUT2D eigenvalue weighted by atomic mass is 9.64. The van der Waals surface area contributed by atoms with Gasteiger partial charge in [0.1, 0.15) is 6.54 Å². The summed E-state index contributed by atoms with van der Waals surface area (Å²) in [7, 11) is 0. The molecule has 0 unspecified atom stereocenters. The number of piperidine rings is 1. The van der Waals surface area contributed by atoms with Crippen LogP contribution in [0, 0.1) is 19.3 Å². The van der Waals surface area contributed by atoms with Crippen LogP contribution in [0.4, 0.5) is 0 Å². The van der Waals surface area contributed by atoms with Gasteiger partial charge in [0.15, 0.2) is 0 Å². The van der Waals surface area contributed by atoms with Crippen molar-refractivity contribution in [1.82, 2.24) is 19.6 Å². The molecule has 3 fully saturated rings. The Morgan fingerprint density at radius 1 is 1.09 bits per heavy atom. The molecule has 2 saturated heterocycles. The van der Waals surface area contributed by atoms with Gasteiger partial charge in [-0.05, 0) is 57.6 Å². The van der Waals surface area contributed by atoms with Gasteiger partial charge in [-0.3, -0.25) is 14.3 Å². The Labute approximate surface area is 190 Å². The van der Waals surface area contributed by atoms with Crippen molar-refractivity contribution in [2.45, 2.75) is 90.5 Å². The van der Waals surface area contributed by atoms with Crippen LogP contribution in [0.5, 0.6) is 0 Å². The second-order valence-electron chi connectivity index (χ2n) is 10.3. The molecule has 2 amide bonds. The van der Waals surface area contributed by atoms with E-state index in [2.05, 4.69) is 46.1 Å². The standard InChI is InChI=1S/C26H34N4O2/c1-17-13-18(2)28(27-17)16-25(32)30-22-15-26(4)23(11-8-12-24(26)30)29(19(3)31)21(22)14-20-9-6-5-7-10-20/h5-7,9-10,13,21-24H,8,11-12,14-16H2,1-4H3/t21-,22+,23-,24+,26-/m1/s1. The van der Waals surface area contributed by atoms with E-state index in [1.54, 1.807) is 6.92 Å². The highest BCUT2D eigenvalue weighted by molar-refractivity contribution is 5.79. The monoisotopic (exact) mass is 434 g/mol. The molecule has 1 saturated carbocycles. The summed E-state index contributed by atoms with van der Waals surface area (Å²) in [6, 6.07) is 12.9. The molecule has 1 aliphatic carbocycles. The molecule has 170 valence electrons. The van der Waals surface area contributed by atoms with Crippen molar-refractivity contribution in [3.63, 3.8) is 0 Å². The van der Waals surface area contributed by atoms with Crippen LogP contribution < -0.4 is 0 Å². The second-order valence-corrected chi connectivity index (χ2v) is 10.3. The number of benzene rings is 1. The van der Waals surface area contributed by atoms with Crippen LogP contribution in [0.25, 0.3) is 0 Å². The van der Waals surface area contributed by atoms with Crippen molar-refractivity contribution >= 4 is 11.8 Å². The van der Waals surface area contributed by atoms with Crippen molar-refractivity contribution in [2.75, 3.05) is 0 Å². The predicted octanol–water partition coefficient (Wildman–Crippen LogP) is 3.50. The van der Waals surface area contributed by atoms with Gasteiger partial charge in [0.2, 0.25) is 11.8 Å². The fraction of sp³-hybridized carbons (Fsp3) is 0.577. The zero-order valence-electron chi connectivity index (χ0n) is 19.6. The second kappa shape index (κ2) is 7.75. The number of hydrogen-bond donors (Lipinski definition) is 0. The first-order valence-electron chi connectivity index (χ1n) is 11.9. The van der Waals surface area contributed by atoms with E-state index in [1.807, 2.05) is 30.7 Å². The van der Waals surface area contributed by atoms with Gasteiger partial charge in [-0.25, -0.2) is 0 Å². The number of aryl methyl sites for hydroxylation is 2. The summed E-state index contributed by atoms with van der Waals surface area (Å²) in [5, 5.41) is 4.54. The van der Waals surface area contributed by atoms with Crippen molar-refractivity contribution in [3.8, 4) is 0 Å². The van der Waals surface area contributed by atoms with Gasteiger partial charge in [-0.15, -0.1) is 0 Å². The Bertz CT molecular complexity index is 1030. The topological polar surface area (TPSA) is 58.4 Å². The molecule has 0 N–H and O–H groups in total. The molecule has 2 aliphatic heterocycles. The molecule has 3 aliphatic rings. The highest BCUT2D eigenvalue weighted by Gasteiger charge is 2.64. The third-order valence-corrected chi connectivity index (χ3v) is 8.28. The first-order chi connectivity index (χ1) is 15.3. The molecule has 6 heteroatoms. The Hall–Kier alpha value is -2.63. The van der Waals surface area contributed by atoms with Gasteiger partial charge >= 0.3 is 0 Å². The highest BCUT2D eigenvalue weighted by atomic mass is 16.2. The Kier molecular flexibility index (Phi) is 5.14. The third kappa shape index (κ3) is 3.26. The quantitative estimate of drug-likeness (QED) is 0.740. The van der Waals surface area contributed by atoms with Gasteiger partial charge in [0, 0.05) is 30.1 Å². The maximum absolute atomic E-state index is 13.8. The number of rotatable bonds is 4. The molecule has 6 nitrogen and oxygen atoms in total. The SMILES string of the molecule is CC(=O)N1[C@H](Cc2ccccc2)[C@@H]2C[C@@]3(C)[C@H](CCC[C@@H]13)N2C(=O)Cn1nc(C)cc1C. The first-order valence-corrected chi connectivity index (χ1v) is 11.9. The molecule has 1 aromatic carbocycles. The van der Waals surface area contributed by atoms with Gasteiger partial charge in [-0.1, -0.05) is 37.3 Å². The van der Waals surface area contributed by atoms with E-state index >= 15 is 0 Å². The maximum atomic E-state index is 13.8. The number of aromatic nitrogens is 2. The molecule has 0 radical (unpaired) electrons. The van der Waals surface area contributed by atoms with Gasteiger partial charge in [0.25, 0.3) is 0 Å². The summed E-state index contributed by atoms with van der Waals surface area (Å²) >= 11 is 0. The Morgan fingerprint density at radius 2 is 1.78 bits per heavy atom. The number of fused-ring (bicyclic) bond motifs is 1. The molecule has 1 aromatic heterocycles.